The third-order valence-corrected chi connectivity index (χ3v) is 4.81. The molecule has 2 aromatic heterocycles. The van der Waals surface area contributed by atoms with Gasteiger partial charge in [0.2, 0.25) is 5.95 Å². The van der Waals surface area contributed by atoms with Crippen LogP contribution < -0.4 is 10.6 Å². The number of aromatic nitrogens is 3. The molecule has 1 aliphatic heterocycles. The molecule has 1 unspecified atom stereocenters. The molecule has 0 bridgehead atoms. The summed E-state index contributed by atoms with van der Waals surface area (Å²) < 4.78 is 47.0. The van der Waals surface area contributed by atoms with Crippen LogP contribution >= 0.6 is 0 Å². The predicted octanol–water partition coefficient (Wildman–Crippen LogP) is 2.90. The number of nitrogens with one attached hydrogen (secondary N) is 2. The summed E-state index contributed by atoms with van der Waals surface area (Å²) in [6.07, 6.45) is 5.39. The van der Waals surface area contributed by atoms with Crippen LogP contribution in [0.25, 0.3) is 22.2 Å². The first-order valence-corrected chi connectivity index (χ1v) is 11.2. The van der Waals surface area contributed by atoms with Gasteiger partial charge in [0, 0.05) is 23.2 Å². The van der Waals surface area contributed by atoms with E-state index in [2.05, 4.69) is 30.8 Å². The quantitative estimate of drug-likeness (QED) is 0.436. The fourth-order valence-electron chi connectivity index (χ4n) is 3.40. The first-order valence-electron chi connectivity index (χ1n) is 9.76. The van der Waals surface area contributed by atoms with E-state index in [4.69, 9.17) is 8.76 Å². The molecule has 3 aromatic rings. The first-order chi connectivity index (χ1) is 15.4. The Morgan fingerprint density at radius 2 is 1.97 bits per heavy atom. The van der Waals surface area contributed by atoms with Crippen molar-refractivity contribution in [2.45, 2.75) is 25.4 Å². The zero-order valence-electron chi connectivity index (χ0n) is 17.2. The van der Waals surface area contributed by atoms with Gasteiger partial charge in [0.15, 0.2) is 5.82 Å². The number of benzene rings is 1. The third kappa shape index (κ3) is 6.05. The maximum Gasteiger partial charge on any atom is 0.223 e. The van der Waals surface area contributed by atoms with E-state index >= 15 is 0 Å². The van der Waals surface area contributed by atoms with Crippen LogP contribution in [0.15, 0.2) is 35.8 Å². The summed E-state index contributed by atoms with van der Waals surface area (Å²) in [7, 11) is 0. The van der Waals surface area contributed by atoms with Crippen molar-refractivity contribution in [3.63, 3.8) is 0 Å². The minimum Gasteiger partial charge on any atom is -0.773 e. The Kier molecular flexibility index (Phi) is 8.20. The number of pyridine rings is 1. The van der Waals surface area contributed by atoms with Gasteiger partial charge in [0.25, 0.3) is 0 Å². The smallest absolute Gasteiger partial charge is 0.223 e. The molecular formula is C20H21F2N6O3S-. The second kappa shape index (κ2) is 11.1. The molecule has 1 fully saturated rings. The highest BCUT2D eigenvalue weighted by Crippen LogP contribution is 2.29. The van der Waals surface area contributed by atoms with Crippen LogP contribution in [-0.4, -0.2) is 49.1 Å². The second-order valence-corrected chi connectivity index (χ2v) is 7.87. The third-order valence-electron chi connectivity index (χ3n) is 4.81. The van der Waals surface area contributed by atoms with Crippen LogP contribution in [0.3, 0.4) is 0 Å². The van der Waals surface area contributed by atoms with Crippen molar-refractivity contribution in [3.05, 3.63) is 52.7 Å². The molecule has 4 rings (SSSR count). The average molecular weight is 463 g/mol. The zero-order valence-corrected chi connectivity index (χ0v) is 18.0. The standard InChI is InChI=1S/C19H18F2N6O.CH4O2S/c20-15-8-12(7-14-11(9-25-28)1-6-23-18(14)15)17-16(21)10-24-19(27-17)26-13-2-4-22-5-3-13;1-4(2)3/h1,6-8,10,13,22H,2-5,9H2,(H,24,26,27);1H3,(H,2,3)/p-1. The van der Waals surface area contributed by atoms with Gasteiger partial charge < -0.3 is 15.2 Å². The molecule has 3 heterocycles. The highest BCUT2D eigenvalue weighted by Gasteiger charge is 2.17. The Morgan fingerprint density at radius 1 is 1.25 bits per heavy atom. The monoisotopic (exact) mass is 463 g/mol. The van der Waals surface area contributed by atoms with Gasteiger partial charge in [-0.1, -0.05) is 16.3 Å². The van der Waals surface area contributed by atoms with E-state index in [0.717, 1.165) is 38.4 Å². The molecule has 1 aromatic carbocycles. The molecule has 0 spiro atoms. The van der Waals surface area contributed by atoms with Crippen LogP contribution in [-0.2, 0) is 17.6 Å². The molecular weight excluding hydrogens is 442 g/mol. The Bertz CT molecular complexity index is 1120. The molecule has 170 valence electrons. The molecule has 0 saturated carbocycles. The summed E-state index contributed by atoms with van der Waals surface area (Å²) in [5.41, 5.74) is 0.857. The van der Waals surface area contributed by atoms with Gasteiger partial charge in [0.05, 0.1) is 6.20 Å². The number of fused-ring (bicyclic) bond motifs is 1. The number of hydrogen-bond acceptors (Lipinski definition) is 9. The molecule has 2 N–H and O–H groups in total. The number of halogens is 2. The molecule has 0 amide bonds. The lowest BCUT2D eigenvalue weighted by molar-refractivity contribution is 0.477. The van der Waals surface area contributed by atoms with Gasteiger partial charge in [-0.2, -0.15) is 4.91 Å². The second-order valence-electron chi connectivity index (χ2n) is 7.07. The summed E-state index contributed by atoms with van der Waals surface area (Å²) in [6, 6.07) is 4.55. The van der Waals surface area contributed by atoms with Crippen LogP contribution in [0.1, 0.15) is 18.4 Å². The summed E-state index contributed by atoms with van der Waals surface area (Å²) in [5.74, 6) is -0.982. The summed E-state index contributed by atoms with van der Waals surface area (Å²) in [4.78, 5) is 23.0. The number of nitrogens with zero attached hydrogens (tertiary/aromatic N) is 4. The van der Waals surface area contributed by atoms with Crippen LogP contribution in [0.2, 0.25) is 0 Å². The molecule has 1 atom stereocenters. The van der Waals surface area contributed by atoms with E-state index in [-0.39, 0.29) is 29.4 Å². The van der Waals surface area contributed by atoms with E-state index < -0.39 is 22.7 Å². The van der Waals surface area contributed by atoms with Crippen molar-refractivity contribution in [1.29, 1.82) is 0 Å². The minimum atomic E-state index is -1.86. The Hall–Kier alpha value is -2.96. The lowest BCUT2D eigenvalue weighted by Gasteiger charge is -2.23. The minimum absolute atomic E-state index is 0.0129. The van der Waals surface area contributed by atoms with Crippen molar-refractivity contribution in [1.82, 2.24) is 20.3 Å². The van der Waals surface area contributed by atoms with E-state index in [1.807, 2.05) is 0 Å². The topological polar surface area (TPSA) is 132 Å². The van der Waals surface area contributed by atoms with Gasteiger partial charge in [0.1, 0.15) is 23.6 Å². The molecule has 12 heteroatoms. The molecule has 1 saturated heterocycles. The van der Waals surface area contributed by atoms with Crippen LogP contribution in [0, 0.1) is 16.5 Å². The number of hydrogen-bond donors (Lipinski definition) is 2. The van der Waals surface area contributed by atoms with Crippen molar-refractivity contribution in [3.8, 4) is 11.3 Å². The van der Waals surface area contributed by atoms with Gasteiger partial charge in [-0.15, -0.1) is 0 Å². The highest BCUT2D eigenvalue weighted by atomic mass is 32.2. The Morgan fingerprint density at radius 3 is 2.66 bits per heavy atom. The first kappa shape index (κ1) is 23.7. The van der Waals surface area contributed by atoms with Gasteiger partial charge >= 0.3 is 0 Å². The molecule has 32 heavy (non-hydrogen) atoms. The number of anilines is 1. The molecule has 1 aliphatic rings. The average Bonchev–Trinajstić information content (AvgIpc) is 2.76. The SMILES string of the molecule is CS(=O)[O-].O=NCc1ccnc2c(F)cc(-c3nc(NC4CCNCC4)ncc3F)cc12. The fraction of sp³-hybridized carbons (Fsp3) is 0.350. The lowest BCUT2D eigenvalue weighted by Crippen LogP contribution is -2.35. The van der Waals surface area contributed by atoms with E-state index in [9.17, 15) is 13.7 Å². The Balaban J connectivity index is 0.000000668. The normalized spacial score (nSPS) is 15.0. The van der Waals surface area contributed by atoms with Crippen molar-refractivity contribution in [2.75, 3.05) is 24.7 Å². The highest BCUT2D eigenvalue weighted by molar-refractivity contribution is 7.78. The fourth-order valence-corrected chi connectivity index (χ4v) is 3.40. The summed E-state index contributed by atoms with van der Waals surface area (Å²) in [5, 5.41) is 9.75. The van der Waals surface area contributed by atoms with Gasteiger partial charge in [-0.05, 0) is 55.9 Å². The maximum atomic E-state index is 14.6. The number of rotatable bonds is 5. The molecule has 0 radical (unpaired) electrons. The van der Waals surface area contributed by atoms with Crippen molar-refractivity contribution in [2.24, 2.45) is 5.18 Å². The predicted molar refractivity (Wildman–Crippen MR) is 117 cm³/mol. The largest absolute Gasteiger partial charge is 0.773 e. The molecule has 0 aliphatic carbocycles. The number of nitroso groups, excluding NO2 is 1. The van der Waals surface area contributed by atoms with Gasteiger partial charge in [-0.25, -0.2) is 18.7 Å². The van der Waals surface area contributed by atoms with Crippen LogP contribution in [0.5, 0.6) is 0 Å². The van der Waals surface area contributed by atoms with E-state index in [1.54, 1.807) is 12.1 Å². The van der Waals surface area contributed by atoms with E-state index in [1.165, 1.54) is 12.3 Å². The summed E-state index contributed by atoms with van der Waals surface area (Å²) in [6.45, 7) is 1.65. The van der Waals surface area contributed by atoms with Crippen molar-refractivity contribution >= 4 is 27.9 Å². The zero-order chi connectivity index (χ0) is 23.1. The van der Waals surface area contributed by atoms with E-state index in [0.29, 0.717) is 16.9 Å². The molecule has 9 nitrogen and oxygen atoms in total. The van der Waals surface area contributed by atoms with Crippen molar-refractivity contribution < 1.29 is 17.5 Å². The lowest BCUT2D eigenvalue weighted by atomic mass is 10.0. The Labute approximate surface area is 185 Å². The maximum absolute atomic E-state index is 14.6. The number of piperidine rings is 1. The van der Waals surface area contributed by atoms with Gasteiger partial charge in [-0.3, -0.25) is 9.19 Å². The van der Waals surface area contributed by atoms with Crippen LogP contribution in [0.4, 0.5) is 14.7 Å². The summed E-state index contributed by atoms with van der Waals surface area (Å²) >= 11 is -1.86.